The molecule has 4 N–H and O–H groups in total. The average molecular weight is 727 g/mol. The summed E-state index contributed by atoms with van der Waals surface area (Å²) in [6.45, 7) is 9.71. The maximum atomic E-state index is 11.0. The second-order valence-corrected chi connectivity index (χ2v) is 16.2. The smallest absolute Gasteiger partial charge is 0.0667 e. The van der Waals surface area contributed by atoms with Crippen LogP contribution in [0.2, 0.25) is 0 Å². The first-order valence-electron chi connectivity index (χ1n) is 23.1. The third kappa shape index (κ3) is 39.3. The van der Waals surface area contributed by atoms with Gasteiger partial charge in [-0.25, -0.2) is 0 Å². The molecule has 0 saturated carbocycles. The summed E-state index contributed by atoms with van der Waals surface area (Å²) in [6, 6.07) is 0. The van der Waals surface area contributed by atoms with Gasteiger partial charge in [-0.15, -0.1) is 0 Å². The zero-order chi connectivity index (χ0) is 37.3. The minimum Gasteiger partial charge on any atom is -0.396 e. The molecular weight excluding hydrogens is 633 g/mol. The molecule has 0 aliphatic heterocycles. The molecule has 0 aromatic rings. The molecule has 0 bridgehead atoms. The van der Waals surface area contributed by atoms with Crippen molar-refractivity contribution in [2.45, 2.75) is 238 Å². The fourth-order valence-corrected chi connectivity index (χ4v) is 7.63. The van der Waals surface area contributed by atoms with Crippen LogP contribution in [0.1, 0.15) is 226 Å². The van der Waals surface area contributed by atoms with E-state index in [9.17, 15) is 20.4 Å². The van der Waals surface area contributed by atoms with Gasteiger partial charge in [0, 0.05) is 39.4 Å². The number of rotatable bonds is 44. The summed E-state index contributed by atoms with van der Waals surface area (Å²) in [4.78, 5) is 4.64. The van der Waals surface area contributed by atoms with Crippen LogP contribution in [0.4, 0.5) is 0 Å². The first-order chi connectivity index (χ1) is 25.1. The lowest BCUT2D eigenvalue weighted by Gasteiger charge is -2.29. The van der Waals surface area contributed by atoms with Crippen LogP contribution >= 0.6 is 0 Å². The van der Waals surface area contributed by atoms with Crippen LogP contribution in [0, 0.1) is 0 Å². The van der Waals surface area contributed by atoms with Gasteiger partial charge in [-0.1, -0.05) is 194 Å². The van der Waals surface area contributed by atoms with Crippen molar-refractivity contribution in [2.75, 3.05) is 52.5 Å². The van der Waals surface area contributed by atoms with Crippen LogP contribution < -0.4 is 0 Å². The molecule has 51 heavy (non-hydrogen) atoms. The third-order valence-electron chi connectivity index (χ3n) is 10.9. The van der Waals surface area contributed by atoms with Gasteiger partial charge in [0.05, 0.1) is 12.2 Å². The number of nitrogens with zero attached hydrogens (tertiary/aromatic N) is 2. The molecule has 0 aliphatic rings. The Balaban J connectivity index is 4.30. The molecule has 0 amide bonds. The second kappa shape index (κ2) is 42.5. The van der Waals surface area contributed by atoms with E-state index in [1.807, 2.05) is 0 Å². The highest BCUT2D eigenvalue weighted by Gasteiger charge is 2.16. The lowest BCUT2D eigenvalue weighted by molar-refractivity contribution is 0.0580. The molecule has 2 unspecified atom stereocenters. The molecule has 0 radical (unpaired) electrons. The highest BCUT2D eigenvalue weighted by molar-refractivity contribution is 4.71. The van der Waals surface area contributed by atoms with Crippen LogP contribution in [0.25, 0.3) is 0 Å². The van der Waals surface area contributed by atoms with E-state index >= 15 is 0 Å². The Morgan fingerprint density at radius 1 is 0.314 bits per heavy atom. The molecule has 0 aromatic carbocycles. The normalized spacial score (nSPS) is 13.2. The number of aliphatic hydroxyl groups is 4. The van der Waals surface area contributed by atoms with E-state index in [2.05, 4.69) is 23.6 Å². The van der Waals surface area contributed by atoms with Crippen molar-refractivity contribution in [3.63, 3.8) is 0 Å². The Bertz CT molecular complexity index is 591. The zero-order valence-electron chi connectivity index (χ0n) is 34.8. The van der Waals surface area contributed by atoms with Gasteiger partial charge in [0.1, 0.15) is 0 Å². The highest BCUT2D eigenvalue weighted by Crippen LogP contribution is 2.16. The summed E-state index contributed by atoms with van der Waals surface area (Å²) < 4.78 is 0. The van der Waals surface area contributed by atoms with Gasteiger partial charge in [-0.05, 0) is 45.2 Å². The number of unbranched alkanes of at least 4 members (excludes halogenated alkanes) is 26. The fourth-order valence-electron chi connectivity index (χ4n) is 7.63. The van der Waals surface area contributed by atoms with E-state index in [1.54, 1.807) is 0 Å². The summed E-state index contributed by atoms with van der Waals surface area (Å²) >= 11 is 0. The van der Waals surface area contributed by atoms with Crippen molar-refractivity contribution in [3.8, 4) is 0 Å². The monoisotopic (exact) mass is 727 g/mol. The lowest BCUT2D eigenvalue weighted by Crippen LogP contribution is -2.40. The summed E-state index contributed by atoms with van der Waals surface area (Å²) in [6.07, 6.45) is 41.2. The van der Waals surface area contributed by atoms with Gasteiger partial charge >= 0.3 is 0 Å². The van der Waals surface area contributed by atoms with Crippen LogP contribution in [-0.4, -0.2) is 94.9 Å². The minimum absolute atomic E-state index is 0.193. The Kier molecular flexibility index (Phi) is 42.3. The Labute approximate surface area is 319 Å². The van der Waals surface area contributed by atoms with Crippen molar-refractivity contribution in [3.05, 3.63) is 0 Å². The standard InChI is InChI=1S/C45H94N2O4/c1-3-5-7-9-11-13-15-17-19-21-23-25-27-29-34-44(50)42-47(37-31-36-46(38-32-40-48)39-33-41-49)43-45(51)35-30-28-26-24-22-20-18-16-14-12-10-8-6-4-2/h44-45,48-51H,3-43H2,1-2H3. The average Bonchev–Trinajstić information content (AvgIpc) is 3.12. The van der Waals surface area contributed by atoms with Gasteiger partial charge in [-0.2, -0.15) is 0 Å². The van der Waals surface area contributed by atoms with Crippen LogP contribution in [0.3, 0.4) is 0 Å². The van der Waals surface area contributed by atoms with Crippen LogP contribution in [0.5, 0.6) is 0 Å². The molecule has 0 heterocycles. The predicted molar refractivity (Wildman–Crippen MR) is 223 cm³/mol. The Morgan fingerprint density at radius 2 is 0.569 bits per heavy atom. The van der Waals surface area contributed by atoms with Gasteiger partial charge in [-0.3, -0.25) is 4.90 Å². The molecule has 6 nitrogen and oxygen atoms in total. The van der Waals surface area contributed by atoms with Crippen LogP contribution in [0.15, 0.2) is 0 Å². The van der Waals surface area contributed by atoms with E-state index in [0.717, 1.165) is 71.1 Å². The molecule has 0 rings (SSSR count). The fraction of sp³-hybridized carbons (Fsp3) is 1.00. The van der Waals surface area contributed by atoms with Gasteiger partial charge < -0.3 is 25.3 Å². The molecule has 308 valence electrons. The lowest BCUT2D eigenvalue weighted by atomic mass is 10.0. The second-order valence-electron chi connectivity index (χ2n) is 16.2. The summed E-state index contributed by atoms with van der Waals surface area (Å²) in [5.41, 5.74) is 0. The molecular formula is C45H94N2O4. The van der Waals surface area contributed by atoms with E-state index < -0.39 is 0 Å². The molecule has 0 saturated heterocycles. The van der Waals surface area contributed by atoms with Crippen molar-refractivity contribution < 1.29 is 20.4 Å². The first-order valence-corrected chi connectivity index (χ1v) is 23.1. The van der Waals surface area contributed by atoms with Crippen molar-refractivity contribution in [2.24, 2.45) is 0 Å². The molecule has 0 aliphatic carbocycles. The van der Waals surface area contributed by atoms with Gasteiger partial charge in [0.15, 0.2) is 0 Å². The number of aliphatic hydroxyl groups excluding tert-OH is 4. The zero-order valence-corrected chi connectivity index (χ0v) is 34.8. The van der Waals surface area contributed by atoms with E-state index in [0.29, 0.717) is 13.1 Å². The summed E-state index contributed by atoms with van der Waals surface area (Å²) in [5.74, 6) is 0. The van der Waals surface area contributed by atoms with Crippen molar-refractivity contribution in [1.29, 1.82) is 0 Å². The molecule has 0 spiro atoms. The van der Waals surface area contributed by atoms with Crippen molar-refractivity contribution >= 4 is 0 Å². The Morgan fingerprint density at radius 3 is 0.863 bits per heavy atom. The van der Waals surface area contributed by atoms with E-state index in [1.165, 1.54) is 167 Å². The summed E-state index contributed by atoms with van der Waals surface area (Å²) in [7, 11) is 0. The van der Waals surface area contributed by atoms with Gasteiger partial charge in [0.2, 0.25) is 0 Å². The SMILES string of the molecule is CCCCCCCCCCCCCCCCC(O)CN(CCCN(CCCO)CCCO)CC(O)CCCCCCCCCCCCCCCC. The van der Waals surface area contributed by atoms with E-state index in [-0.39, 0.29) is 25.4 Å². The predicted octanol–water partition coefficient (Wildman–Crippen LogP) is 11.2. The number of hydrogen-bond acceptors (Lipinski definition) is 6. The largest absolute Gasteiger partial charge is 0.396 e. The summed E-state index contributed by atoms with van der Waals surface area (Å²) in [5, 5.41) is 40.6. The molecule has 6 heteroatoms. The minimum atomic E-state index is -0.338. The van der Waals surface area contributed by atoms with Crippen molar-refractivity contribution in [1.82, 2.24) is 9.80 Å². The van der Waals surface area contributed by atoms with Crippen LogP contribution in [-0.2, 0) is 0 Å². The highest BCUT2D eigenvalue weighted by atomic mass is 16.3. The van der Waals surface area contributed by atoms with E-state index in [4.69, 9.17) is 0 Å². The maximum Gasteiger partial charge on any atom is 0.0667 e. The van der Waals surface area contributed by atoms with Gasteiger partial charge in [0.25, 0.3) is 0 Å². The number of hydrogen-bond donors (Lipinski definition) is 4. The maximum absolute atomic E-state index is 11.0. The molecule has 2 atom stereocenters. The third-order valence-corrected chi connectivity index (χ3v) is 10.9. The first kappa shape index (κ1) is 50.8. The Hall–Kier alpha value is -0.240. The molecule has 0 aromatic heterocycles. The quantitative estimate of drug-likeness (QED) is 0.0468. The topological polar surface area (TPSA) is 87.4 Å². The molecule has 0 fully saturated rings.